The summed E-state index contributed by atoms with van der Waals surface area (Å²) in [5, 5.41) is 14.3. The average molecular weight is 723 g/mol. The molecule has 14 heteroatoms. The molecule has 278 valence electrons. The van der Waals surface area contributed by atoms with Crippen LogP contribution < -0.4 is 10.6 Å². The number of hydrogen-bond donors (Lipinski definition) is 5. The molecule has 53 heavy (non-hydrogen) atoms. The van der Waals surface area contributed by atoms with Crippen LogP contribution >= 0.6 is 0 Å². The molecule has 4 aromatic rings. The van der Waals surface area contributed by atoms with Crippen LogP contribution in [0.3, 0.4) is 0 Å². The number of nitrogens with one attached hydrogen (secondary N) is 4. The zero-order chi connectivity index (χ0) is 37.8. The molecule has 0 aliphatic carbocycles. The molecule has 2 saturated heterocycles. The number of carbonyl (C=O) groups excluding carboxylic acids is 3. The summed E-state index contributed by atoms with van der Waals surface area (Å²) >= 11 is 0. The third-order valence-electron chi connectivity index (χ3n) is 9.96. The van der Waals surface area contributed by atoms with Gasteiger partial charge in [0.25, 0.3) is 0 Å². The maximum atomic E-state index is 13.6. The molecule has 4 heterocycles. The van der Waals surface area contributed by atoms with Crippen molar-refractivity contribution in [3.63, 3.8) is 0 Å². The molecule has 14 nitrogen and oxygen atoms in total. The van der Waals surface area contributed by atoms with Gasteiger partial charge in [-0.3, -0.25) is 9.59 Å². The van der Waals surface area contributed by atoms with E-state index in [9.17, 15) is 24.3 Å². The number of rotatable bonds is 9. The van der Waals surface area contributed by atoms with E-state index in [0.717, 1.165) is 59.2 Å². The van der Waals surface area contributed by atoms with Gasteiger partial charge >= 0.3 is 12.2 Å². The molecule has 5 N–H and O–H groups in total. The molecular formula is C39H46N8O6. The molecule has 0 spiro atoms. The number of imidazole rings is 2. The second-order valence-electron chi connectivity index (χ2n) is 14.3. The van der Waals surface area contributed by atoms with Gasteiger partial charge in [0.1, 0.15) is 29.4 Å². The van der Waals surface area contributed by atoms with E-state index >= 15 is 0 Å². The Morgan fingerprint density at radius 2 is 1.43 bits per heavy atom. The van der Waals surface area contributed by atoms with Crippen LogP contribution in [0.4, 0.5) is 9.59 Å². The number of alkyl carbamates (subject to hydrolysis) is 1. The van der Waals surface area contributed by atoms with Crippen molar-refractivity contribution in [3.8, 4) is 23.0 Å². The van der Waals surface area contributed by atoms with Gasteiger partial charge < -0.3 is 40.2 Å². The zero-order valence-corrected chi connectivity index (χ0v) is 30.6. The number of carbonyl (C=O) groups is 4. The van der Waals surface area contributed by atoms with E-state index in [1.165, 1.54) is 7.11 Å². The second kappa shape index (κ2) is 15.8. The summed E-state index contributed by atoms with van der Waals surface area (Å²) in [4.78, 5) is 69.7. The van der Waals surface area contributed by atoms with Crippen LogP contribution in [-0.4, -0.2) is 91.1 Å². The number of hydrogen-bond acceptors (Lipinski definition) is 7. The van der Waals surface area contributed by atoms with Gasteiger partial charge in [0, 0.05) is 24.8 Å². The van der Waals surface area contributed by atoms with Crippen molar-refractivity contribution >= 4 is 35.0 Å². The van der Waals surface area contributed by atoms with E-state index in [-0.39, 0.29) is 35.7 Å². The molecule has 6 rings (SSSR count). The number of ether oxygens (including phenoxy) is 1. The fraction of sp³-hybridized carbons (Fsp3) is 0.436. The van der Waals surface area contributed by atoms with Crippen LogP contribution in [0.25, 0.3) is 22.2 Å². The van der Waals surface area contributed by atoms with Gasteiger partial charge in [-0.1, -0.05) is 51.8 Å². The van der Waals surface area contributed by atoms with Crippen molar-refractivity contribution in [2.75, 3.05) is 20.2 Å². The van der Waals surface area contributed by atoms with Crippen molar-refractivity contribution in [2.24, 2.45) is 11.8 Å². The Labute approximate surface area is 308 Å². The molecule has 4 amide bonds. The molecule has 2 aliphatic rings. The topological polar surface area (TPSA) is 186 Å². The Morgan fingerprint density at radius 1 is 0.830 bits per heavy atom. The Bertz CT molecular complexity index is 2040. The van der Waals surface area contributed by atoms with Gasteiger partial charge in [-0.15, -0.1) is 0 Å². The minimum atomic E-state index is -1.22. The fourth-order valence-corrected chi connectivity index (χ4v) is 7.15. The van der Waals surface area contributed by atoms with Crippen LogP contribution in [0.5, 0.6) is 0 Å². The SMILES string of the molecule is COC(=O)N[C@H](C(=O)N1CCCC1c1nc2cc(-c3ccc(C#Cc4c[nH]c([C@@H]5CCCN5C(=O)[C@@H](NC(=O)O)C(C)C)n4)cc3)ccc2[nH]1)C(C)C. The third kappa shape index (κ3) is 8.14. The lowest BCUT2D eigenvalue weighted by atomic mass is 10.0. The number of nitrogens with zero attached hydrogens (tertiary/aromatic N) is 4. The fourth-order valence-electron chi connectivity index (χ4n) is 7.15. The van der Waals surface area contributed by atoms with Gasteiger partial charge in [-0.2, -0.15) is 0 Å². The standard InChI is InChI=1S/C39H46N8O6/c1-22(2)32(44-38(50)51)36(48)46-18-6-8-30(46)34-40-21-27(41-34)16-12-24-10-13-25(14-11-24)26-15-17-28-29(20-26)43-35(42-28)31-9-7-19-47(31)37(49)33(23(3)4)45-39(52)53-5/h10-11,13-15,17,20-23,30-33,44H,6-9,18-19H2,1-5H3,(H,40,41)(H,42,43)(H,45,52)(H,50,51)/t30-,31?,32-,33-/m0/s1. The normalized spacial score (nSPS) is 18.2. The highest BCUT2D eigenvalue weighted by atomic mass is 16.5. The van der Waals surface area contributed by atoms with Crippen molar-refractivity contribution in [3.05, 3.63) is 71.6 Å². The number of amides is 4. The zero-order valence-electron chi connectivity index (χ0n) is 30.6. The summed E-state index contributed by atoms with van der Waals surface area (Å²) in [6, 6.07) is 11.9. The molecule has 2 aromatic carbocycles. The van der Waals surface area contributed by atoms with Crippen LogP contribution in [0.2, 0.25) is 0 Å². The first-order chi connectivity index (χ1) is 25.4. The predicted octanol–water partition coefficient (Wildman–Crippen LogP) is 5.35. The number of aromatic nitrogens is 4. The molecule has 4 atom stereocenters. The van der Waals surface area contributed by atoms with Gasteiger partial charge in [0.05, 0.1) is 30.2 Å². The van der Waals surface area contributed by atoms with Gasteiger partial charge in [-0.25, -0.2) is 19.6 Å². The number of H-pyrrole nitrogens is 2. The smallest absolute Gasteiger partial charge is 0.407 e. The highest BCUT2D eigenvalue weighted by Crippen LogP contribution is 2.34. The van der Waals surface area contributed by atoms with Crippen molar-refractivity contribution in [1.29, 1.82) is 0 Å². The van der Waals surface area contributed by atoms with E-state index < -0.39 is 24.3 Å². The monoisotopic (exact) mass is 722 g/mol. The molecule has 0 saturated carbocycles. The first kappa shape index (κ1) is 36.9. The first-order valence-electron chi connectivity index (χ1n) is 18.1. The maximum Gasteiger partial charge on any atom is 0.407 e. The van der Waals surface area contributed by atoms with Gasteiger partial charge in [0.15, 0.2) is 0 Å². The molecule has 0 bridgehead atoms. The van der Waals surface area contributed by atoms with E-state index in [4.69, 9.17) is 9.72 Å². The minimum absolute atomic E-state index is 0.113. The summed E-state index contributed by atoms with van der Waals surface area (Å²) in [7, 11) is 1.28. The second-order valence-corrected chi connectivity index (χ2v) is 14.3. The number of fused-ring (bicyclic) bond motifs is 1. The largest absolute Gasteiger partial charge is 0.465 e. The molecule has 1 unspecified atom stereocenters. The molecule has 2 aliphatic heterocycles. The highest BCUT2D eigenvalue weighted by molar-refractivity contribution is 5.87. The average Bonchev–Trinajstić information content (AvgIpc) is 3.97. The lowest BCUT2D eigenvalue weighted by Crippen LogP contribution is -2.51. The number of aromatic amines is 2. The molecular weight excluding hydrogens is 676 g/mol. The number of carboxylic acid groups (broad SMARTS) is 1. The predicted molar refractivity (Wildman–Crippen MR) is 197 cm³/mol. The van der Waals surface area contributed by atoms with Crippen LogP contribution in [0.15, 0.2) is 48.7 Å². The van der Waals surface area contributed by atoms with E-state index in [0.29, 0.717) is 24.6 Å². The van der Waals surface area contributed by atoms with Crippen LogP contribution in [0, 0.1) is 23.7 Å². The molecule has 0 radical (unpaired) electrons. The Morgan fingerprint density at radius 3 is 2.04 bits per heavy atom. The van der Waals surface area contributed by atoms with Crippen molar-refractivity contribution < 1.29 is 29.0 Å². The summed E-state index contributed by atoms with van der Waals surface area (Å²) in [6.07, 6.45) is 3.01. The summed E-state index contributed by atoms with van der Waals surface area (Å²) in [5.41, 5.74) is 5.02. The van der Waals surface area contributed by atoms with E-state index in [1.54, 1.807) is 16.0 Å². The lowest BCUT2D eigenvalue weighted by Gasteiger charge is -2.29. The van der Waals surface area contributed by atoms with Crippen molar-refractivity contribution in [2.45, 2.75) is 77.5 Å². The first-order valence-corrected chi connectivity index (χ1v) is 18.1. The highest BCUT2D eigenvalue weighted by Gasteiger charge is 2.39. The lowest BCUT2D eigenvalue weighted by molar-refractivity contribution is -0.136. The van der Waals surface area contributed by atoms with E-state index in [2.05, 4.69) is 37.4 Å². The van der Waals surface area contributed by atoms with Crippen LogP contribution in [0.1, 0.15) is 88.4 Å². The maximum absolute atomic E-state index is 13.6. The van der Waals surface area contributed by atoms with Gasteiger partial charge in [0.2, 0.25) is 11.8 Å². The quantitative estimate of drug-likeness (QED) is 0.143. The van der Waals surface area contributed by atoms with Gasteiger partial charge in [-0.05, 0) is 78.8 Å². The molecule has 2 aromatic heterocycles. The number of methoxy groups -OCH3 is 1. The Balaban J connectivity index is 1.13. The van der Waals surface area contributed by atoms with Crippen LogP contribution in [-0.2, 0) is 14.3 Å². The molecule has 2 fully saturated rings. The van der Waals surface area contributed by atoms with Crippen molar-refractivity contribution in [1.82, 2.24) is 40.4 Å². The summed E-state index contributed by atoms with van der Waals surface area (Å²) < 4.78 is 4.75. The van der Waals surface area contributed by atoms with E-state index in [1.807, 2.05) is 70.2 Å². The minimum Gasteiger partial charge on any atom is -0.465 e. The number of likely N-dealkylation sites (tertiary alicyclic amines) is 2. The third-order valence-corrected chi connectivity index (χ3v) is 9.96. The Hall–Kier alpha value is -5.84. The summed E-state index contributed by atoms with van der Waals surface area (Å²) in [6.45, 7) is 8.54. The summed E-state index contributed by atoms with van der Waals surface area (Å²) in [5.74, 6) is 6.93. The Kier molecular flexibility index (Phi) is 11.0. The number of benzene rings is 2.